The van der Waals surface area contributed by atoms with Gasteiger partial charge in [-0.3, -0.25) is 4.79 Å². The quantitative estimate of drug-likeness (QED) is 0.664. The normalized spacial score (nSPS) is 9.21. The molecule has 0 fully saturated rings. The number of nitriles is 1. The van der Waals surface area contributed by atoms with Crippen LogP contribution in [0.1, 0.15) is 23.6 Å². The van der Waals surface area contributed by atoms with Gasteiger partial charge in [0.2, 0.25) is 0 Å². The van der Waals surface area contributed by atoms with Gasteiger partial charge in [-0.25, -0.2) is 0 Å². The Morgan fingerprint density at radius 2 is 2.14 bits per heavy atom. The van der Waals surface area contributed by atoms with Crippen molar-refractivity contribution >= 4 is 11.4 Å². The molecule has 0 aliphatic carbocycles. The van der Waals surface area contributed by atoms with Gasteiger partial charge in [0.1, 0.15) is 0 Å². The zero-order valence-electron chi connectivity index (χ0n) is 8.29. The molecule has 0 aliphatic heterocycles. The van der Waals surface area contributed by atoms with Crippen LogP contribution in [0.4, 0.5) is 0 Å². The van der Waals surface area contributed by atoms with Crippen LogP contribution in [0.15, 0.2) is 24.8 Å². The number of hydrogen-bond acceptors (Lipinski definition) is 2. The number of aryl methyl sites for hydroxylation is 1. The van der Waals surface area contributed by atoms with Crippen molar-refractivity contribution in [2.45, 2.75) is 13.8 Å². The molecule has 1 rings (SSSR count). The molecule has 2 nitrogen and oxygen atoms in total. The first-order valence-corrected chi connectivity index (χ1v) is 4.27. The first-order valence-electron chi connectivity index (χ1n) is 4.27. The van der Waals surface area contributed by atoms with Gasteiger partial charge in [-0.2, -0.15) is 5.26 Å². The fraction of sp³-hybridized carbons (Fsp3) is 0.167. The molecule has 0 atom stereocenters. The number of Topliss-reactive ketones (excluding diaryl/α,β-unsaturated/α-hetero) is 1. The Balaban J connectivity index is 3.20. The third kappa shape index (κ3) is 1.89. The molecule has 0 spiro atoms. The number of benzene rings is 1. The summed E-state index contributed by atoms with van der Waals surface area (Å²) in [5.74, 6) is -0.0437. The van der Waals surface area contributed by atoms with E-state index in [9.17, 15) is 4.79 Å². The topological polar surface area (TPSA) is 40.9 Å². The molecular formula is C12H11NO. The molecule has 0 radical (unpaired) electrons. The van der Waals surface area contributed by atoms with Crippen molar-refractivity contribution in [1.82, 2.24) is 0 Å². The van der Waals surface area contributed by atoms with Gasteiger partial charge in [0.25, 0.3) is 0 Å². The molecule has 1 aromatic rings. The Kier molecular flexibility index (Phi) is 2.83. The van der Waals surface area contributed by atoms with E-state index in [1.54, 1.807) is 18.2 Å². The van der Waals surface area contributed by atoms with Crippen LogP contribution in [0.25, 0.3) is 5.57 Å². The highest BCUT2D eigenvalue weighted by molar-refractivity contribution is 6.19. The molecule has 0 heterocycles. The van der Waals surface area contributed by atoms with E-state index >= 15 is 0 Å². The maximum absolute atomic E-state index is 11.1. The minimum atomic E-state index is -0.0437. The molecule has 0 bridgehead atoms. The van der Waals surface area contributed by atoms with Gasteiger partial charge in [-0.05, 0) is 37.1 Å². The zero-order valence-corrected chi connectivity index (χ0v) is 8.29. The highest BCUT2D eigenvalue weighted by atomic mass is 16.1. The largest absolute Gasteiger partial charge is 0.295 e. The molecule has 0 N–H and O–H groups in total. The number of allylic oxidation sites excluding steroid dienone is 1. The molecule has 2 heteroatoms. The van der Waals surface area contributed by atoms with Gasteiger partial charge in [0.05, 0.1) is 11.6 Å². The summed E-state index contributed by atoms with van der Waals surface area (Å²) in [6.45, 7) is 7.06. The van der Waals surface area contributed by atoms with Gasteiger partial charge in [0, 0.05) is 5.57 Å². The van der Waals surface area contributed by atoms with Crippen LogP contribution in [0.3, 0.4) is 0 Å². The van der Waals surface area contributed by atoms with E-state index < -0.39 is 0 Å². The van der Waals surface area contributed by atoms with Crippen molar-refractivity contribution in [2.75, 3.05) is 0 Å². The highest BCUT2D eigenvalue weighted by Crippen LogP contribution is 2.19. The third-order valence-corrected chi connectivity index (χ3v) is 2.11. The average molecular weight is 185 g/mol. The monoisotopic (exact) mass is 185 g/mol. The van der Waals surface area contributed by atoms with Crippen LogP contribution in [0, 0.1) is 18.3 Å². The van der Waals surface area contributed by atoms with E-state index in [0.29, 0.717) is 11.1 Å². The van der Waals surface area contributed by atoms with Crippen LogP contribution < -0.4 is 0 Å². The predicted octanol–water partition coefficient (Wildman–Crippen LogP) is 2.47. The third-order valence-electron chi connectivity index (χ3n) is 2.11. The summed E-state index contributed by atoms with van der Waals surface area (Å²) >= 11 is 0. The molecule has 0 aromatic heterocycles. The molecule has 1 aromatic carbocycles. The zero-order chi connectivity index (χ0) is 10.7. The number of nitrogens with zero attached hydrogens (tertiary/aromatic N) is 1. The fourth-order valence-electron chi connectivity index (χ4n) is 1.26. The highest BCUT2D eigenvalue weighted by Gasteiger charge is 2.07. The number of hydrogen-bond donors (Lipinski definition) is 0. The number of ketones is 1. The van der Waals surface area contributed by atoms with Crippen molar-refractivity contribution in [2.24, 2.45) is 0 Å². The maximum atomic E-state index is 11.1. The first kappa shape index (κ1) is 10.2. The lowest BCUT2D eigenvalue weighted by Crippen LogP contribution is -1.97. The van der Waals surface area contributed by atoms with E-state index in [-0.39, 0.29) is 5.78 Å². The number of carbonyl (C=O) groups excluding carboxylic acids is 1. The van der Waals surface area contributed by atoms with Gasteiger partial charge in [-0.1, -0.05) is 12.6 Å². The van der Waals surface area contributed by atoms with Gasteiger partial charge in [-0.15, -0.1) is 0 Å². The minimum absolute atomic E-state index is 0.0437. The Morgan fingerprint density at radius 1 is 1.50 bits per heavy atom. The molecule has 0 unspecified atom stereocenters. The summed E-state index contributed by atoms with van der Waals surface area (Å²) in [6.07, 6.45) is 0. The van der Waals surface area contributed by atoms with Gasteiger partial charge in [0.15, 0.2) is 5.78 Å². The van der Waals surface area contributed by atoms with Crippen LogP contribution in [0.2, 0.25) is 0 Å². The molecule has 0 saturated carbocycles. The summed E-state index contributed by atoms with van der Waals surface area (Å²) < 4.78 is 0. The molecule has 14 heavy (non-hydrogen) atoms. The Hall–Kier alpha value is -1.88. The lowest BCUT2D eigenvalue weighted by molar-refractivity contribution is -0.111. The summed E-state index contributed by atoms with van der Waals surface area (Å²) in [4.78, 5) is 11.1. The van der Waals surface area contributed by atoms with Crippen molar-refractivity contribution < 1.29 is 4.79 Å². The number of carbonyl (C=O) groups is 1. The Morgan fingerprint density at radius 3 is 2.57 bits per heavy atom. The van der Waals surface area contributed by atoms with Crippen molar-refractivity contribution in [1.29, 1.82) is 5.26 Å². The van der Waals surface area contributed by atoms with E-state index in [4.69, 9.17) is 5.26 Å². The first-order chi connectivity index (χ1) is 6.56. The van der Waals surface area contributed by atoms with Crippen molar-refractivity contribution in [3.63, 3.8) is 0 Å². The van der Waals surface area contributed by atoms with Crippen molar-refractivity contribution in [3.8, 4) is 6.07 Å². The van der Waals surface area contributed by atoms with E-state index in [1.807, 2.05) is 13.0 Å². The standard InChI is InChI=1S/C12H11NO/c1-8-6-11(7-13)4-5-12(8)9(2)10(3)14/h4-6H,2H2,1,3H3. The maximum Gasteiger partial charge on any atom is 0.159 e. The summed E-state index contributed by atoms with van der Waals surface area (Å²) in [6, 6.07) is 7.25. The SMILES string of the molecule is C=C(C(C)=O)c1ccc(C#N)cc1C. The molecular weight excluding hydrogens is 174 g/mol. The Bertz CT molecular complexity index is 438. The molecule has 70 valence electrons. The lowest BCUT2D eigenvalue weighted by atomic mass is 9.98. The Labute approximate surface area is 83.5 Å². The smallest absolute Gasteiger partial charge is 0.159 e. The second-order valence-corrected chi connectivity index (χ2v) is 3.18. The second-order valence-electron chi connectivity index (χ2n) is 3.18. The van der Waals surface area contributed by atoms with Crippen LogP contribution >= 0.6 is 0 Å². The minimum Gasteiger partial charge on any atom is -0.295 e. The van der Waals surface area contributed by atoms with E-state index in [1.165, 1.54) is 6.92 Å². The van der Waals surface area contributed by atoms with Crippen LogP contribution in [0.5, 0.6) is 0 Å². The lowest BCUT2D eigenvalue weighted by Gasteiger charge is -2.05. The summed E-state index contributed by atoms with van der Waals surface area (Å²) in [5.41, 5.74) is 2.82. The van der Waals surface area contributed by atoms with Crippen molar-refractivity contribution in [3.05, 3.63) is 41.5 Å². The predicted molar refractivity (Wildman–Crippen MR) is 55.6 cm³/mol. The van der Waals surface area contributed by atoms with Crippen LogP contribution in [-0.2, 0) is 4.79 Å². The van der Waals surface area contributed by atoms with Gasteiger partial charge >= 0.3 is 0 Å². The number of rotatable bonds is 2. The second kappa shape index (κ2) is 3.89. The summed E-state index contributed by atoms with van der Waals surface area (Å²) in [7, 11) is 0. The molecule has 0 aliphatic rings. The fourth-order valence-corrected chi connectivity index (χ4v) is 1.26. The average Bonchev–Trinajstić information content (AvgIpc) is 2.16. The molecule has 0 amide bonds. The molecule has 0 saturated heterocycles. The van der Waals surface area contributed by atoms with E-state index in [2.05, 4.69) is 6.58 Å². The summed E-state index contributed by atoms with van der Waals surface area (Å²) in [5, 5.41) is 8.66. The van der Waals surface area contributed by atoms with Gasteiger partial charge < -0.3 is 0 Å². The van der Waals surface area contributed by atoms with E-state index in [0.717, 1.165) is 11.1 Å². The van der Waals surface area contributed by atoms with Crippen LogP contribution in [-0.4, -0.2) is 5.78 Å².